The molecule has 4 heteroatoms. The maximum Gasteiger partial charge on any atom is 0.311 e. The van der Waals surface area contributed by atoms with Gasteiger partial charge in [-0.1, -0.05) is 39.3 Å². The summed E-state index contributed by atoms with van der Waals surface area (Å²) in [5, 5.41) is 0. The van der Waals surface area contributed by atoms with E-state index in [-0.39, 0.29) is 16.8 Å². The number of hydrogen-bond donors (Lipinski definition) is 0. The lowest BCUT2D eigenvalue weighted by atomic mass is 9.49. The highest BCUT2D eigenvalue weighted by Crippen LogP contribution is 2.59. The number of methoxy groups -OCH3 is 1. The minimum absolute atomic E-state index is 0.0116. The minimum Gasteiger partial charge on any atom is -0.469 e. The molecule has 6 aliphatic rings. The van der Waals surface area contributed by atoms with Crippen molar-refractivity contribution in [2.24, 2.45) is 29.1 Å². The number of imidazole rings is 1. The molecule has 0 spiro atoms. The molecule has 0 aliphatic heterocycles. The van der Waals surface area contributed by atoms with Crippen LogP contribution in [0.2, 0.25) is 0 Å². The second kappa shape index (κ2) is 8.95. The first-order valence-corrected chi connectivity index (χ1v) is 16.0. The Bertz CT molecular complexity index is 1250. The Labute approximate surface area is 235 Å². The van der Waals surface area contributed by atoms with Crippen molar-refractivity contribution in [1.82, 2.24) is 4.57 Å². The molecule has 1 aromatic heterocycles. The predicted molar refractivity (Wildman–Crippen MR) is 154 cm³/mol. The number of carbonyl (C=O) groups is 1. The summed E-state index contributed by atoms with van der Waals surface area (Å²) in [5.41, 5.74) is 5.99. The molecule has 0 saturated heterocycles. The number of carbonyl (C=O) groups excluding carboxylic acids is 1. The Morgan fingerprint density at radius 3 is 2.41 bits per heavy atom. The van der Waals surface area contributed by atoms with Crippen molar-refractivity contribution in [2.75, 3.05) is 7.11 Å². The Morgan fingerprint density at radius 2 is 1.77 bits per heavy atom. The molecular weight excluding hydrogens is 480 g/mol. The number of benzene rings is 1. The van der Waals surface area contributed by atoms with E-state index >= 15 is 0 Å². The molecule has 8 rings (SSSR count). The molecule has 1 heterocycles. The molecule has 6 aliphatic carbocycles. The maximum absolute atomic E-state index is 13.1. The van der Waals surface area contributed by atoms with Crippen LogP contribution in [0, 0.1) is 29.1 Å². The second-order valence-corrected chi connectivity index (χ2v) is 15.3. The van der Waals surface area contributed by atoms with E-state index in [1.165, 1.54) is 60.8 Å². The molecular formula is C35H49N2O2+. The van der Waals surface area contributed by atoms with Gasteiger partial charge in [0.2, 0.25) is 6.33 Å². The minimum atomic E-state index is -0.389. The van der Waals surface area contributed by atoms with Gasteiger partial charge >= 0.3 is 5.97 Å². The quantitative estimate of drug-likeness (QED) is 0.307. The Kier molecular flexibility index (Phi) is 5.93. The molecule has 0 amide bonds. The van der Waals surface area contributed by atoms with Crippen molar-refractivity contribution < 1.29 is 14.1 Å². The van der Waals surface area contributed by atoms with E-state index in [1.807, 2.05) is 0 Å². The third-order valence-corrected chi connectivity index (χ3v) is 12.5. The van der Waals surface area contributed by atoms with E-state index < -0.39 is 0 Å². The van der Waals surface area contributed by atoms with Crippen LogP contribution in [-0.4, -0.2) is 17.6 Å². The van der Waals surface area contributed by atoms with Gasteiger partial charge in [-0.2, -0.15) is 0 Å². The Morgan fingerprint density at radius 1 is 1.08 bits per heavy atom. The number of aromatic nitrogens is 2. The van der Waals surface area contributed by atoms with Crippen LogP contribution in [0.5, 0.6) is 0 Å². The van der Waals surface area contributed by atoms with Crippen LogP contribution in [0.25, 0.3) is 0 Å². The molecule has 2 aromatic rings. The highest BCUT2D eigenvalue weighted by Gasteiger charge is 2.56. The summed E-state index contributed by atoms with van der Waals surface area (Å²) < 4.78 is 10.5. The number of nitrogens with zero attached hydrogens (tertiary/aromatic N) is 2. The molecule has 1 unspecified atom stereocenters. The number of fused-ring (bicyclic) bond motifs is 3. The predicted octanol–water partition coefficient (Wildman–Crippen LogP) is 7.06. The van der Waals surface area contributed by atoms with Gasteiger partial charge in [0.25, 0.3) is 0 Å². The van der Waals surface area contributed by atoms with Crippen LogP contribution >= 0.6 is 0 Å². The number of rotatable bonds is 5. The molecule has 1 aromatic carbocycles. The first-order valence-electron chi connectivity index (χ1n) is 16.0. The number of esters is 1. The smallest absolute Gasteiger partial charge is 0.311 e. The Hall–Kier alpha value is -2.10. The molecule has 39 heavy (non-hydrogen) atoms. The van der Waals surface area contributed by atoms with Crippen LogP contribution in [0.15, 0.2) is 30.9 Å². The lowest BCUT2D eigenvalue weighted by Crippen LogP contribution is -2.52. The summed E-state index contributed by atoms with van der Waals surface area (Å²) in [6, 6.07) is 5.10. The summed E-state index contributed by atoms with van der Waals surface area (Å²) in [6.07, 6.45) is 21.1. The monoisotopic (exact) mass is 529 g/mol. The lowest BCUT2D eigenvalue weighted by molar-refractivity contribution is -0.688. The summed E-state index contributed by atoms with van der Waals surface area (Å²) in [5.74, 6) is 3.69. The average Bonchev–Trinajstić information content (AvgIpc) is 3.36. The molecule has 3 atom stereocenters. The van der Waals surface area contributed by atoms with Crippen LogP contribution in [-0.2, 0) is 33.5 Å². The zero-order valence-electron chi connectivity index (χ0n) is 25.0. The van der Waals surface area contributed by atoms with Gasteiger partial charge < -0.3 is 4.74 Å². The van der Waals surface area contributed by atoms with Gasteiger partial charge in [-0.25, -0.2) is 9.13 Å². The summed E-state index contributed by atoms with van der Waals surface area (Å²) in [4.78, 5) is 13.1. The maximum atomic E-state index is 13.1. The third-order valence-electron chi connectivity index (χ3n) is 12.5. The van der Waals surface area contributed by atoms with E-state index in [0.717, 1.165) is 56.4 Å². The van der Waals surface area contributed by atoms with Gasteiger partial charge in [-0.05, 0) is 128 Å². The van der Waals surface area contributed by atoms with Crippen molar-refractivity contribution >= 4 is 5.97 Å². The van der Waals surface area contributed by atoms with E-state index in [2.05, 4.69) is 67.7 Å². The fourth-order valence-electron chi connectivity index (χ4n) is 11.1. The lowest BCUT2D eigenvalue weighted by Gasteiger charge is -2.54. The van der Waals surface area contributed by atoms with Gasteiger partial charge in [-0.15, -0.1) is 0 Å². The van der Waals surface area contributed by atoms with Crippen molar-refractivity contribution in [2.45, 2.75) is 122 Å². The van der Waals surface area contributed by atoms with Crippen LogP contribution in [0.4, 0.5) is 0 Å². The van der Waals surface area contributed by atoms with Gasteiger partial charge in [0.1, 0.15) is 24.5 Å². The zero-order valence-corrected chi connectivity index (χ0v) is 25.0. The average molecular weight is 530 g/mol. The SMILES string of the molecule is COC(=O)[C@]1(C)CCC[C@]2(C)c3cc(C[n+]4ccn(C56CC7CC(CC(C7)C5)C6)c4)c(C(C)C)cc3CCC12. The van der Waals surface area contributed by atoms with Crippen molar-refractivity contribution in [3.8, 4) is 0 Å². The standard InChI is InChI=1S/C35H49N2O2/c1-23(2)29-16-27-7-8-31-33(3,9-6-10-34(31,4)32(38)39-5)30(27)17-28(29)21-36-11-12-37(22-36)35-18-24-13-25(19-35)15-26(14-24)20-35/h11-12,16-17,22-26,31H,6-10,13-15,18-21H2,1-5H3/q+1/t24?,25?,26?,31?,33-,34-,35?/m1/s1. The molecule has 4 bridgehead atoms. The van der Waals surface area contributed by atoms with E-state index in [1.54, 1.807) is 7.11 Å². The summed E-state index contributed by atoms with van der Waals surface area (Å²) in [6.45, 7) is 10.2. The van der Waals surface area contributed by atoms with Crippen LogP contribution < -0.4 is 4.57 Å². The molecule has 0 N–H and O–H groups in total. The second-order valence-electron chi connectivity index (χ2n) is 15.3. The molecule has 5 fully saturated rings. The van der Waals surface area contributed by atoms with Crippen molar-refractivity contribution in [1.29, 1.82) is 0 Å². The van der Waals surface area contributed by atoms with E-state index in [9.17, 15) is 4.79 Å². The number of aryl methyl sites for hydroxylation is 1. The third kappa shape index (κ3) is 3.90. The van der Waals surface area contributed by atoms with Gasteiger partial charge in [-0.3, -0.25) is 4.79 Å². The van der Waals surface area contributed by atoms with E-state index in [0.29, 0.717) is 17.4 Å². The topological polar surface area (TPSA) is 35.1 Å². The largest absolute Gasteiger partial charge is 0.469 e. The number of hydrogen-bond acceptors (Lipinski definition) is 2. The summed E-state index contributed by atoms with van der Waals surface area (Å²) in [7, 11) is 1.57. The Balaban J connectivity index is 1.23. The molecule has 5 saturated carbocycles. The number of ether oxygens (including phenoxy) is 1. The summed E-state index contributed by atoms with van der Waals surface area (Å²) >= 11 is 0. The first-order chi connectivity index (χ1) is 18.6. The van der Waals surface area contributed by atoms with Crippen molar-refractivity contribution in [3.63, 3.8) is 0 Å². The van der Waals surface area contributed by atoms with Crippen molar-refractivity contribution in [3.05, 3.63) is 53.1 Å². The molecule has 210 valence electrons. The normalized spacial score (nSPS) is 38.5. The molecule has 4 nitrogen and oxygen atoms in total. The van der Waals surface area contributed by atoms with Gasteiger partial charge in [0, 0.05) is 0 Å². The first kappa shape index (κ1) is 25.8. The van der Waals surface area contributed by atoms with Crippen LogP contribution in [0.1, 0.15) is 120 Å². The molecule has 0 radical (unpaired) electrons. The fourth-order valence-corrected chi connectivity index (χ4v) is 11.1. The van der Waals surface area contributed by atoms with Crippen LogP contribution in [0.3, 0.4) is 0 Å². The highest BCUT2D eigenvalue weighted by molar-refractivity contribution is 5.77. The van der Waals surface area contributed by atoms with Gasteiger partial charge in [0.15, 0.2) is 0 Å². The van der Waals surface area contributed by atoms with Gasteiger partial charge in [0.05, 0.1) is 12.5 Å². The zero-order chi connectivity index (χ0) is 27.2. The highest BCUT2D eigenvalue weighted by atomic mass is 16.5. The van der Waals surface area contributed by atoms with E-state index in [4.69, 9.17) is 4.74 Å². The fraction of sp³-hybridized carbons (Fsp3) is 0.714.